The van der Waals surface area contributed by atoms with Crippen LogP contribution in [0.1, 0.15) is 19.3 Å². The van der Waals surface area contributed by atoms with Crippen LogP contribution in [0, 0.1) is 0 Å². The maximum atomic E-state index is 10.7. The predicted octanol–water partition coefficient (Wildman–Crippen LogP) is 1.12. The number of hydrogen-bond donors (Lipinski definition) is 0. The molecule has 0 bridgehead atoms. The molecule has 0 atom stereocenters. The van der Waals surface area contributed by atoms with E-state index in [1.54, 1.807) is 0 Å². The van der Waals surface area contributed by atoms with Gasteiger partial charge in [0, 0.05) is 17.8 Å². The van der Waals surface area contributed by atoms with E-state index in [0.29, 0.717) is 0 Å². The lowest BCUT2D eigenvalue weighted by molar-refractivity contribution is -0.0522. The number of rotatable bonds is 3. The van der Waals surface area contributed by atoms with Gasteiger partial charge in [0.25, 0.3) is 0 Å². The highest BCUT2D eigenvalue weighted by Gasteiger charge is 2.40. The van der Waals surface area contributed by atoms with Crippen molar-refractivity contribution in [2.75, 3.05) is 12.9 Å². The van der Waals surface area contributed by atoms with E-state index in [1.807, 2.05) is 0 Å². The van der Waals surface area contributed by atoms with Gasteiger partial charge in [-0.15, -0.1) is 0 Å². The Balaban J connectivity index is 2.59. The Morgan fingerprint density at radius 3 is 2.18 bits per heavy atom. The van der Waals surface area contributed by atoms with Gasteiger partial charge in [-0.1, -0.05) is 0 Å². The van der Waals surface area contributed by atoms with Gasteiger partial charge in [0.05, 0.1) is 11.4 Å². The molecule has 1 saturated carbocycles. The highest BCUT2D eigenvalue weighted by Crippen LogP contribution is 2.36. The number of ether oxygens (including phenoxy) is 1. The van der Waals surface area contributed by atoms with Gasteiger partial charge in [0.1, 0.15) is 0 Å². The average Bonchev–Trinajstić information content (AvgIpc) is 1.77. The van der Waals surface area contributed by atoms with Crippen molar-refractivity contribution in [3.63, 3.8) is 0 Å². The van der Waals surface area contributed by atoms with E-state index in [2.05, 4.69) is 0 Å². The molecule has 0 heterocycles. The molecular weight excluding hydrogens is 188 g/mol. The summed E-state index contributed by atoms with van der Waals surface area (Å²) in [5, 5.41) is 0. The number of methoxy groups -OCH3 is 1. The highest BCUT2D eigenvalue weighted by atomic mass is 35.7. The van der Waals surface area contributed by atoms with Crippen LogP contribution in [0.5, 0.6) is 0 Å². The van der Waals surface area contributed by atoms with Crippen LogP contribution in [-0.2, 0) is 13.8 Å². The zero-order chi connectivity index (χ0) is 8.54. The van der Waals surface area contributed by atoms with Gasteiger partial charge >= 0.3 is 0 Å². The van der Waals surface area contributed by atoms with E-state index in [9.17, 15) is 8.42 Å². The Kier molecular flexibility index (Phi) is 2.46. The third kappa shape index (κ3) is 2.32. The second-order valence-electron chi connectivity index (χ2n) is 2.92. The second-order valence-corrected chi connectivity index (χ2v) is 5.70. The molecule has 0 aromatic heterocycles. The van der Waals surface area contributed by atoms with Gasteiger partial charge in [-0.25, -0.2) is 8.42 Å². The Bertz CT molecular complexity index is 225. The molecule has 0 spiro atoms. The zero-order valence-corrected chi connectivity index (χ0v) is 7.91. The van der Waals surface area contributed by atoms with Crippen molar-refractivity contribution in [1.29, 1.82) is 0 Å². The van der Waals surface area contributed by atoms with Gasteiger partial charge in [-0.2, -0.15) is 0 Å². The SMILES string of the molecule is COC1(CS(=O)(=O)Cl)CCC1. The summed E-state index contributed by atoms with van der Waals surface area (Å²) in [5.41, 5.74) is -0.472. The topological polar surface area (TPSA) is 43.4 Å². The molecule has 0 aromatic carbocycles. The van der Waals surface area contributed by atoms with Crippen LogP contribution in [0.3, 0.4) is 0 Å². The van der Waals surface area contributed by atoms with E-state index in [1.165, 1.54) is 7.11 Å². The summed E-state index contributed by atoms with van der Waals surface area (Å²) >= 11 is 0. The van der Waals surface area contributed by atoms with Crippen LogP contribution in [0.25, 0.3) is 0 Å². The highest BCUT2D eigenvalue weighted by molar-refractivity contribution is 8.13. The summed E-state index contributed by atoms with van der Waals surface area (Å²) in [7, 11) is 3.22. The van der Waals surface area contributed by atoms with Gasteiger partial charge in [-0.05, 0) is 19.3 Å². The first-order valence-corrected chi connectivity index (χ1v) is 5.93. The Morgan fingerprint density at radius 1 is 1.55 bits per heavy atom. The van der Waals surface area contributed by atoms with Crippen molar-refractivity contribution in [2.24, 2.45) is 0 Å². The Hall–Kier alpha value is 0.200. The monoisotopic (exact) mass is 198 g/mol. The molecule has 0 N–H and O–H groups in total. The summed E-state index contributed by atoms with van der Waals surface area (Å²) in [6, 6.07) is 0. The molecule has 0 aliphatic heterocycles. The van der Waals surface area contributed by atoms with Crippen molar-refractivity contribution in [3.8, 4) is 0 Å². The van der Waals surface area contributed by atoms with E-state index >= 15 is 0 Å². The molecule has 3 nitrogen and oxygen atoms in total. The molecular formula is C6H11ClO3S. The molecule has 1 rings (SSSR count). The number of hydrogen-bond acceptors (Lipinski definition) is 3. The van der Waals surface area contributed by atoms with E-state index in [-0.39, 0.29) is 5.75 Å². The number of halogens is 1. The first kappa shape index (κ1) is 9.29. The smallest absolute Gasteiger partial charge is 0.235 e. The van der Waals surface area contributed by atoms with E-state index in [0.717, 1.165) is 19.3 Å². The Morgan fingerprint density at radius 2 is 2.09 bits per heavy atom. The standard InChI is InChI=1S/C6H11ClO3S/c1-10-6(3-2-4-6)5-11(7,8)9/h2-5H2,1H3. The summed E-state index contributed by atoms with van der Waals surface area (Å²) in [6.45, 7) is 0. The molecule has 0 amide bonds. The van der Waals surface area contributed by atoms with Gasteiger partial charge < -0.3 is 4.74 Å². The summed E-state index contributed by atoms with van der Waals surface area (Å²) in [4.78, 5) is 0. The molecule has 0 aromatic rings. The lowest BCUT2D eigenvalue weighted by Crippen LogP contribution is -2.44. The maximum Gasteiger partial charge on any atom is 0.235 e. The largest absolute Gasteiger partial charge is 0.377 e. The van der Waals surface area contributed by atoms with Crippen LogP contribution in [-0.4, -0.2) is 26.9 Å². The lowest BCUT2D eigenvalue weighted by atomic mass is 9.82. The fourth-order valence-corrected chi connectivity index (χ4v) is 2.92. The first-order chi connectivity index (χ1) is 4.97. The van der Waals surface area contributed by atoms with Crippen molar-refractivity contribution < 1.29 is 13.2 Å². The third-order valence-corrected chi connectivity index (χ3v) is 3.33. The van der Waals surface area contributed by atoms with Crippen LogP contribution in [0.4, 0.5) is 0 Å². The van der Waals surface area contributed by atoms with Crippen molar-refractivity contribution in [1.82, 2.24) is 0 Å². The summed E-state index contributed by atoms with van der Waals surface area (Å²) < 4.78 is 26.5. The fraction of sp³-hybridized carbons (Fsp3) is 1.00. The molecule has 66 valence electrons. The quantitative estimate of drug-likeness (QED) is 0.639. The molecule has 0 unspecified atom stereocenters. The second kappa shape index (κ2) is 2.92. The zero-order valence-electron chi connectivity index (χ0n) is 6.34. The lowest BCUT2D eigenvalue weighted by Gasteiger charge is -2.39. The van der Waals surface area contributed by atoms with Crippen molar-refractivity contribution >= 4 is 19.7 Å². The van der Waals surface area contributed by atoms with Gasteiger partial charge in [0.15, 0.2) is 0 Å². The minimum absolute atomic E-state index is 0.0575. The molecule has 1 aliphatic rings. The molecule has 1 fully saturated rings. The Labute approximate surface area is 71.1 Å². The van der Waals surface area contributed by atoms with Crippen molar-refractivity contribution in [2.45, 2.75) is 24.9 Å². The molecule has 0 radical (unpaired) electrons. The van der Waals surface area contributed by atoms with E-state index < -0.39 is 14.7 Å². The minimum Gasteiger partial charge on any atom is -0.377 e. The normalized spacial score (nSPS) is 22.7. The summed E-state index contributed by atoms with van der Waals surface area (Å²) in [5.74, 6) is -0.0575. The molecule has 5 heteroatoms. The van der Waals surface area contributed by atoms with Gasteiger partial charge in [-0.3, -0.25) is 0 Å². The van der Waals surface area contributed by atoms with Crippen molar-refractivity contribution in [3.05, 3.63) is 0 Å². The maximum absolute atomic E-state index is 10.7. The van der Waals surface area contributed by atoms with Gasteiger partial charge in [0.2, 0.25) is 9.05 Å². The molecule has 0 saturated heterocycles. The van der Waals surface area contributed by atoms with Crippen LogP contribution >= 0.6 is 10.7 Å². The molecule has 1 aliphatic carbocycles. The minimum atomic E-state index is -3.41. The average molecular weight is 199 g/mol. The fourth-order valence-electron chi connectivity index (χ4n) is 1.29. The van der Waals surface area contributed by atoms with Crippen LogP contribution in [0.2, 0.25) is 0 Å². The van der Waals surface area contributed by atoms with Crippen LogP contribution < -0.4 is 0 Å². The van der Waals surface area contributed by atoms with Crippen LogP contribution in [0.15, 0.2) is 0 Å². The third-order valence-electron chi connectivity index (χ3n) is 2.13. The summed E-state index contributed by atoms with van der Waals surface area (Å²) in [6.07, 6.45) is 2.63. The predicted molar refractivity (Wildman–Crippen MR) is 43.2 cm³/mol. The van der Waals surface area contributed by atoms with E-state index in [4.69, 9.17) is 15.4 Å². The first-order valence-electron chi connectivity index (χ1n) is 3.45. The molecule has 11 heavy (non-hydrogen) atoms.